The lowest BCUT2D eigenvalue weighted by molar-refractivity contribution is -0.0662. The number of pyridine rings is 1. The Bertz CT molecular complexity index is 1310. The Morgan fingerprint density at radius 3 is 2.74 bits per heavy atom. The zero-order valence-electron chi connectivity index (χ0n) is 18.7. The third-order valence-electron chi connectivity index (χ3n) is 8.12. The lowest BCUT2D eigenvalue weighted by atomic mass is 9.61. The van der Waals surface area contributed by atoms with Crippen LogP contribution in [0, 0.1) is 17.2 Å². The first-order chi connectivity index (χ1) is 16.4. The van der Waals surface area contributed by atoms with Crippen LogP contribution < -0.4 is 0 Å². The molecule has 1 unspecified atom stereocenters. The highest BCUT2D eigenvalue weighted by molar-refractivity contribution is 5.88. The van der Waals surface area contributed by atoms with Crippen molar-refractivity contribution in [3.8, 4) is 5.69 Å². The lowest BCUT2D eigenvalue weighted by Gasteiger charge is -2.46. The number of rotatable bonds is 6. The van der Waals surface area contributed by atoms with Crippen molar-refractivity contribution in [2.75, 3.05) is 0 Å². The van der Waals surface area contributed by atoms with E-state index in [1.165, 1.54) is 17.7 Å². The van der Waals surface area contributed by atoms with Crippen molar-refractivity contribution in [2.24, 2.45) is 11.3 Å². The van der Waals surface area contributed by atoms with E-state index in [0.29, 0.717) is 37.3 Å². The van der Waals surface area contributed by atoms with E-state index in [0.717, 1.165) is 36.2 Å². The summed E-state index contributed by atoms with van der Waals surface area (Å²) in [6.45, 7) is 0. The van der Waals surface area contributed by atoms with E-state index in [2.05, 4.69) is 16.2 Å². The molecule has 0 aliphatic heterocycles. The fraction of sp³-hybridized carbons (Fsp3) is 0.370. The second-order valence-corrected chi connectivity index (χ2v) is 9.87. The number of nitrogens with zero attached hydrogens (tertiary/aromatic N) is 3. The quantitative estimate of drug-likeness (QED) is 0.563. The molecule has 3 aromatic rings. The molecule has 0 spiro atoms. The van der Waals surface area contributed by atoms with E-state index in [4.69, 9.17) is 0 Å². The molecule has 2 aromatic heterocycles. The second-order valence-electron chi connectivity index (χ2n) is 9.87. The van der Waals surface area contributed by atoms with Gasteiger partial charge in [-0.1, -0.05) is 5.57 Å². The van der Waals surface area contributed by atoms with Gasteiger partial charge in [0.05, 0.1) is 34.4 Å². The Labute approximate surface area is 196 Å². The number of aliphatic hydroxyl groups is 1. The van der Waals surface area contributed by atoms with Crippen LogP contribution in [0.3, 0.4) is 0 Å². The zero-order valence-corrected chi connectivity index (χ0v) is 18.7. The SMILES string of the molecule is O=C(O)c1cccnc1CC[C@]1(O)CCC2=Cc3c(cnn3-c3ccc(F)cc3)CC21C1CC1. The molecule has 174 valence electrons. The molecule has 0 saturated heterocycles. The number of aryl methyl sites for hydroxylation is 1. The van der Waals surface area contributed by atoms with Crippen LogP contribution >= 0.6 is 0 Å². The first-order valence-electron chi connectivity index (χ1n) is 11.8. The summed E-state index contributed by atoms with van der Waals surface area (Å²) in [5.74, 6) is -0.860. The smallest absolute Gasteiger partial charge is 0.337 e. The monoisotopic (exact) mass is 459 g/mol. The molecule has 6 nitrogen and oxygen atoms in total. The van der Waals surface area contributed by atoms with E-state index >= 15 is 0 Å². The second kappa shape index (κ2) is 7.60. The molecule has 2 heterocycles. The summed E-state index contributed by atoms with van der Waals surface area (Å²) in [4.78, 5) is 16.0. The number of benzene rings is 1. The summed E-state index contributed by atoms with van der Waals surface area (Å²) in [5.41, 5.74) is 3.60. The molecule has 1 aromatic carbocycles. The Hall–Kier alpha value is -3.32. The third kappa shape index (κ3) is 3.14. The molecule has 0 radical (unpaired) electrons. The minimum atomic E-state index is -0.991. The maximum atomic E-state index is 13.4. The van der Waals surface area contributed by atoms with Gasteiger partial charge in [0.25, 0.3) is 0 Å². The van der Waals surface area contributed by atoms with Crippen LogP contribution in [-0.2, 0) is 12.8 Å². The summed E-state index contributed by atoms with van der Waals surface area (Å²) < 4.78 is 15.3. The van der Waals surface area contributed by atoms with Gasteiger partial charge in [0.2, 0.25) is 0 Å². The number of carboxylic acid groups (broad SMARTS) is 1. The van der Waals surface area contributed by atoms with Crippen molar-refractivity contribution in [1.82, 2.24) is 14.8 Å². The molecule has 0 bridgehead atoms. The van der Waals surface area contributed by atoms with Crippen molar-refractivity contribution in [3.05, 3.63) is 82.7 Å². The summed E-state index contributed by atoms with van der Waals surface area (Å²) in [6.07, 6.45) is 10.9. The molecule has 7 heteroatoms. The maximum Gasteiger partial charge on any atom is 0.337 e. The Morgan fingerprint density at radius 2 is 2.00 bits per heavy atom. The van der Waals surface area contributed by atoms with Gasteiger partial charge < -0.3 is 10.2 Å². The van der Waals surface area contributed by atoms with Crippen molar-refractivity contribution in [3.63, 3.8) is 0 Å². The molecule has 0 amide bonds. The van der Waals surface area contributed by atoms with Crippen LogP contribution in [0.5, 0.6) is 0 Å². The molecule has 3 aliphatic carbocycles. The van der Waals surface area contributed by atoms with E-state index < -0.39 is 11.6 Å². The summed E-state index contributed by atoms with van der Waals surface area (Å²) >= 11 is 0. The van der Waals surface area contributed by atoms with Crippen LogP contribution in [0.4, 0.5) is 4.39 Å². The van der Waals surface area contributed by atoms with Gasteiger partial charge in [-0.05, 0) is 98.9 Å². The molecular formula is C27H26FN3O3. The predicted molar refractivity (Wildman–Crippen MR) is 124 cm³/mol. The molecule has 2 atom stereocenters. The van der Waals surface area contributed by atoms with E-state index in [1.807, 2.05) is 10.9 Å². The van der Waals surface area contributed by atoms with Crippen molar-refractivity contribution in [2.45, 2.75) is 50.5 Å². The van der Waals surface area contributed by atoms with E-state index in [1.54, 1.807) is 30.5 Å². The molecule has 6 rings (SSSR count). The highest BCUT2D eigenvalue weighted by Crippen LogP contribution is 2.66. The van der Waals surface area contributed by atoms with Crippen molar-refractivity contribution < 1.29 is 19.4 Å². The molecule has 2 saturated carbocycles. The average Bonchev–Trinajstić information content (AvgIpc) is 3.56. The number of carboxylic acids is 1. The van der Waals surface area contributed by atoms with Crippen LogP contribution in [0.1, 0.15) is 59.4 Å². The first-order valence-corrected chi connectivity index (χ1v) is 11.8. The van der Waals surface area contributed by atoms with E-state index in [9.17, 15) is 19.4 Å². The van der Waals surface area contributed by atoms with Gasteiger partial charge in [-0.25, -0.2) is 13.9 Å². The highest BCUT2D eigenvalue weighted by atomic mass is 19.1. The predicted octanol–water partition coefficient (Wildman–Crippen LogP) is 4.60. The van der Waals surface area contributed by atoms with E-state index in [-0.39, 0.29) is 16.8 Å². The Balaban J connectivity index is 1.35. The van der Waals surface area contributed by atoms with Gasteiger partial charge in [-0.3, -0.25) is 4.98 Å². The van der Waals surface area contributed by atoms with Crippen LogP contribution in [0.2, 0.25) is 0 Å². The first kappa shape index (κ1) is 21.2. The van der Waals surface area contributed by atoms with Crippen molar-refractivity contribution >= 4 is 12.0 Å². The fourth-order valence-electron chi connectivity index (χ4n) is 6.37. The molecule has 2 N–H and O–H groups in total. The van der Waals surface area contributed by atoms with Gasteiger partial charge in [-0.2, -0.15) is 5.10 Å². The molecular weight excluding hydrogens is 433 g/mol. The summed E-state index contributed by atoms with van der Waals surface area (Å²) in [5, 5.41) is 26.3. The van der Waals surface area contributed by atoms with Gasteiger partial charge in [0.1, 0.15) is 5.82 Å². The normalized spacial score (nSPS) is 25.5. The summed E-state index contributed by atoms with van der Waals surface area (Å²) in [7, 11) is 0. The average molecular weight is 460 g/mol. The molecule has 2 fully saturated rings. The van der Waals surface area contributed by atoms with Gasteiger partial charge in [0, 0.05) is 11.6 Å². The molecule has 3 aliphatic rings. The Kier molecular flexibility index (Phi) is 4.74. The summed E-state index contributed by atoms with van der Waals surface area (Å²) in [6, 6.07) is 9.52. The number of hydrogen-bond acceptors (Lipinski definition) is 4. The fourth-order valence-corrected chi connectivity index (χ4v) is 6.37. The molecule has 34 heavy (non-hydrogen) atoms. The van der Waals surface area contributed by atoms with Crippen LogP contribution in [0.15, 0.2) is 54.4 Å². The number of fused-ring (bicyclic) bond motifs is 2. The number of carbonyl (C=O) groups is 1. The maximum absolute atomic E-state index is 13.4. The zero-order chi connectivity index (χ0) is 23.5. The van der Waals surface area contributed by atoms with Gasteiger partial charge >= 0.3 is 5.97 Å². The van der Waals surface area contributed by atoms with Gasteiger partial charge in [0.15, 0.2) is 0 Å². The number of hydrogen-bond donors (Lipinski definition) is 2. The van der Waals surface area contributed by atoms with Gasteiger partial charge in [-0.15, -0.1) is 0 Å². The number of aromatic nitrogens is 3. The Morgan fingerprint density at radius 1 is 1.21 bits per heavy atom. The highest BCUT2D eigenvalue weighted by Gasteiger charge is 2.63. The number of aromatic carboxylic acids is 1. The van der Waals surface area contributed by atoms with Crippen LogP contribution in [-0.4, -0.2) is 36.5 Å². The standard InChI is InChI=1S/C27H26FN3O3/c28-20-5-7-21(8-6-20)31-24-14-19-9-11-26(34,12-10-23-22(25(32)33)2-1-13-29-23)27(19,18-3-4-18)15-17(24)16-30-31/h1-2,5-8,13-14,16,18,34H,3-4,9-12,15H2,(H,32,33)/t26-,27?/m1/s1. The number of halogens is 1. The topological polar surface area (TPSA) is 88.2 Å². The minimum Gasteiger partial charge on any atom is -0.478 e. The van der Waals surface area contributed by atoms with Crippen molar-refractivity contribution in [1.29, 1.82) is 0 Å². The lowest BCUT2D eigenvalue weighted by Crippen LogP contribution is -2.49. The minimum absolute atomic E-state index is 0.201. The third-order valence-corrected chi connectivity index (χ3v) is 8.12. The largest absolute Gasteiger partial charge is 0.478 e. The van der Waals surface area contributed by atoms with Crippen LogP contribution in [0.25, 0.3) is 11.8 Å².